The fourth-order valence-corrected chi connectivity index (χ4v) is 2.42. The molecule has 0 aliphatic carbocycles. The highest BCUT2D eigenvalue weighted by Crippen LogP contribution is 2.21. The van der Waals surface area contributed by atoms with E-state index in [1.165, 1.54) is 0 Å². The molecule has 0 atom stereocenters. The lowest BCUT2D eigenvalue weighted by Gasteiger charge is -2.24. The summed E-state index contributed by atoms with van der Waals surface area (Å²) in [6, 6.07) is 7.14. The quantitative estimate of drug-likeness (QED) is 0.351. The summed E-state index contributed by atoms with van der Waals surface area (Å²) in [5.74, 6) is 0.212. The lowest BCUT2D eigenvalue weighted by atomic mass is 9.96. The first kappa shape index (κ1) is 17.0. The molecular weight excluding hydrogens is 266 g/mol. The summed E-state index contributed by atoms with van der Waals surface area (Å²) >= 11 is 0. The molecule has 21 heavy (non-hydrogen) atoms. The van der Waals surface area contributed by atoms with Gasteiger partial charge in [0.25, 0.3) is 0 Å². The molecule has 5 heteroatoms. The maximum absolute atomic E-state index is 12.6. The van der Waals surface area contributed by atoms with E-state index in [0.717, 1.165) is 31.4 Å². The van der Waals surface area contributed by atoms with Gasteiger partial charge in [-0.3, -0.25) is 4.79 Å². The van der Waals surface area contributed by atoms with Gasteiger partial charge in [0.2, 0.25) is 5.91 Å². The number of carbonyl (C=O) groups excluding carboxylic acids is 1. The Kier molecular flexibility index (Phi) is 6.72. The standard InChI is InChI=1S/C16H25N3O2/c1-4-7-12(8-5-2)16(20)19(3)14-10-6-9-13(11-14)15(17)18-21/h6,9-12,21H,4-5,7-8H2,1-3H3,(H2,17,18). The number of benzene rings is 1. The molecule has 0 aliphatic heterocycles. The Morgan fingerprint density at radius 1 is 1.33 bits per heavy atom. The Bertz CT molecular complexity index is 494. The highest BCUT2D eigenvalue weighted by Gasteiger charge is 2.21. The van der Waals surface area contributed by atoms with E-state index < -0.39 is 0 Å². The third-order valence-corrected chi connectivity index (χ3v) is 3.59. The minimum absolute atomic E-state index is 0.0383. The first-order chi connectivity index (χ1) is 10.0. The third kappa shape index (κ3) is 4.48. The Labute approximate surface area is 126 Å². The van der Waals surface area contributed by atoms with Gasteiger partial charge in [0.15, 0.2) is 5.84 Å². The van der Waals surface area contributed by atoms with E-state index >= 15 is 0 Å². The van der Waals surface area contributed by atoms with Crippen LogP contribution >= 0.6 is 0 Å². The molecule has 0 spiro atoms. The number of nitrogens with zero attached hydrogens (tertiary/aromatic N) is 2. The average molecular weight is 291 g/mol. The van der Waals surface area contributed by atoms with E-state index in [4.69, 9.17) is 10.9 Å². The number of rotatable bonds is 7. The van der Waals surface area contributed by atoms with Crippen molar-refractivity contribution in [3.8, 4) is 0 Å². The average Bonchev–Trinajstić information content (AvgIpc) is 2.52. The number of hydrogen-bond donors (Lipinski definition) is 2. The zero-order valence-corrected chi connectivity index (χ0v) is 13.0. The van der Waals surface area contributed by atoms with E-state index in [0.29, 0.717) is 5.56 Å². The number of carbonyl (C=O) groups is 1. The molecular formula is C16H25N3O2. The molecule has 0 fully saturated rings. The van der Waals surface area contributed by atoms with Crippen LogP contribution in [-0.4, -0.2) is 24.0 Å². The Balaban J connectivity index is 2.96. The molecule has 0 radical (unpaired) electrons. The number of hydrogen-bond acceptors (Lipinski definition) is 3. The maximum Gasteiger partial charge on any atom is 0.229 e. The third-order valence-electron chi connectivity index (χ3n) is 3.59. The number of oxime groups is 1. The SMILES string of the molecule is CCCC(CCC)C(=O)N(C)c1cccc(/C(N)=N/O)c1. The Hall–Kier alpha value is -2.04. The normalized spacial score (nSPS) is 11.7. The second kappa shape index (κ2) is 8.29. The van der Waals surface area contributed by atoms with Crippen molar-refractivity contribution in [3.63, 3.8) is 0 Å². The number of nitrogens with two attached hydrogens (primary N) is 1. The van der Waals surface area contributed by atoms with Crippen LogP contribution in [0.3, 0.4) is 0 Å². The zero-order chi connectivity index (χ0) is 15.8. The molecule has 0 unspecified atom stereocenters. The summed E-state index contributed by atoms with van der Waals surface area (Å²) in [5.41, 5.74) is 6.94. The van der Waals surface area contributed by atoms with Crippen molar-refractivity contribution < 1.29 is 10.0 Å². The van der Waals surface area contributed by atoms with Crippen molar-refractivity contribution in [3.05, 3.63) is 29.8 Å². The maximum atomic E-state index is 12.6. The van der Waals surface area contributed by atoms with Crippen LogP contribution in [0.4, 0.5) is 5.69 Å². The van der Waals surface area contributed by atoms with Gasteiger partial charge >= 0.3 is 0 Å². The van der Waals surface area contributed by atoms with Crippen molar-refractivity contribution in [2.24, 2.45) is 16.8 Å². The van der Waals surface area contributed by atoms with Gasteiger partial charge in [-0.25, -0.2) is 0 Å². The molecule has 1 amide bonds. The van der Waals surface area contributed by atoms with Gasteiger partial charge in [-0.2, -0.15) is 0 Å². The predicted octanol–water partition coefficient (Wildman–Crippen LogP) is 2.96. The van der Waals surface area contributed by atoms with E-state index in [2.05, 4.69) is 19.0 Å². The minimum Gasteiger partial charge on any atom is -0.409 e. The Morgan fingerprint density at radius 3 is 2.48 bits per heavy atom. The molecule has 0 saturated heterocycles. The summed E-state index contributed by atoms with van der Waals surface area (Å²) in [6.45, 7) is 4.18. The lowest BCUT2D eigenvalue weighted by molar-refractivity contribution is -0.122. The van der Waals surface area contributed by atoms with Crippen molar-refractivity contribution in [1.82, 2.24) is 0 Å². The van der Waals surface area contributed by atoms with Crippen molar-refractivity contribution >= 4 is 17.4 Å². The van der Waals surface area contributed by atoms with Gasteiger partial charge in [-0.05, 0) is 25.0 Å². The molecule has 1 rings (SSSR count). The summed E-state index contributed by atoms with van der Waals surface area (Å²) in [6.07, 6.45) is 3.79. The minimum atomic E-state index is 0.0383. The fraction of sp³-hybridized carbons (Fsp3) is 0.500. The van der Waals surface area contributed by atoms with Crippen LogP contribution in [0.5, 0.6) is 0 Å². The largest absolute Gasteiger partial charge is 0.409 e. The Morgan fingerprint density at radius 2 is 1.95 bits per heavy atom. The van der Waals surface area contributed by atoms with Crippen LogP contribution in [0, 0.1) is 5.92 Å². The zero-order valence-electron chi connectivity index (χ0n) is 13.0. The topological polar surface area (TPSA) is 78.9 Å². The van der Waals surface area contributed by atoms with Crippen LogP contribution in [0.2, 0.25) is 0 Å². The van der Waals surface area contributed by atoms with Gasteiger partial charge in [0, 0.05) is 24.2 Å². The van der Waals surface area contributed by atoms with Gasteiger partial charge in [-0.15, -0.1) is 0 Å². The van der Waals surface area contributed by atoms with Crippen LogP contribution < -0.4 is 10.6 Å². The molecule has 0 saturated carbocycles. The molecule has 0 bridgehead atoms. The first-order valence-electron chi connectivity index (χ1n) is 7.40. The lowest BCUT2D eigenvalue weighted by Crippen LogP contribution is -2.33. The summed E-state index contributed by atoms with van der Waals surface area (Å²) < 4.78 is 0. The fourth-order valence-electron chi connectivity index (χ4n) is 2.42. The number of anilines is 1. The van der Waals surface area contributed by atoms with Gasteiger partial charge < -0.3 is 15.8 Å². The van der Waals surface area contributed by atoms with E-state index in [1.807, 2.05) is 6.07 Å². The molecule has 0 heterocycles. The highest BCUT2D eigenvalue weighted by atomic mass is 16.4. The van der Waals surface area contributed by atoms with Gasteiger partial charge in [-0.1, -0.05) is 44.0 Å². The number of amidine groups is 1. The second-order valence-electron chi connectivity index (χ2n) is 5.21. The monoisotopic (exact) mass is 291 g/mol. The molecule has 3 N–H and O–H groups in total. The smallest absolute Gasteiger partial charge is 0.229 e. The molecule has 0 aromatic heterocycles. The van der Waals surface area contributed by atoms with Gasteiger partial charge in [0.1, 0.15) is 0 Å². The van der Waals surface area contributed by atoms with Gasteiger partial charge in [0.05, 0.1) is 0 Å². The van der Waals surface area contributed by atoms with E-state index in [-0.39, 0.29) is 17.7 Å². The molecule has 5 nitrogen and oxygen atoms in total. The molecule has 1 aromatic rings. The van der Waals surface area contributed by atoms with Crippen LogP contribution in [0.1, 0.15) is 45.1 Å². The van der Waals surface area contributed by atoms with E-state index in [9.17, 15) is 4.79 Å². The second-order valence-corrected chi connectivity index (χ2v) is 5.21. The van der Waals surface area contributed by atoms with Crippen molar-refractivity contribution in [1.29, 1.82) is 0 Å². The van der Waals surface area contributed by atoms with Crippen LogP contribution in [-0.2, 0) is 4.79 Å². The summed E-state index contributed by atoms with van der Waals surface area (Å²) in [7, 11) is 1.77. The van der Waals surface area contributed by atoms with E-state index in [1.54, 1.807) is 30.1 Å². The van der Waals surface area contributed by atoms with Crippen LogP contribution in [0.25, 0.3) is 0 Å². The summed E-state index contributed by atoms with van der Waals surface area (Å²) in [5, 5.41) is 11.7. The molecule has 116 valence electrons. The van der Waals surface area contributed by atoms with Crippen molar-refractivity contribution in [2.75, 3.05) is 11.9 Å². The summed E-state index contributed by atoms with van der Waals surface area (Å²) in [4.78, 5) is 14.2. The first-order valence-corrected chi connectivity index (χ1v) is 7.40. The molecule has 0 aliphatic rings. The predicted molar refractivity (Wildman–Crippen MR) is 85.7 cm³/mol. The number of amides is 1. The van der Waals surface area contributed by atoms with Crippen molar-refractivity contribution in [2.45, 2.75) is 39.5 Å². The molecule has 1 aromatic carbocycles. The van der Waals surface area contributed by atoms with Crippen LogP contribution in [0.15, 0.2) is 29.4 Å². The highest BCUT2D eigenvalue weighted by molar-refractivity contribution is 6.00.